The summed E-state index contributed by atoms with van der Waals surface area (Å²) >= 11 is 0. The van der Waals surface area contributed by atoms with E-state index >= 15 is 0 Å². The summed E-state index contributed by atoms with van der Waals surface area (Å²) in [6.07, 6.45) is 3.44. The van der Waals surface area contributed by atoms with E-state index in [4.69, 9.17) is 0 Å². The van der Waals surface area contributed by atoms with E-state index in [0.717, 1.165) is 13.0 Å². The van der Waals surface area contributed by atoms with Crippen molar-refractivity contribution in [3.63, 3.8) is 0 Å². The zero-order valence-electron chi connectivity index (χ0n) is 11.7. The minimum atomic E-state index is 0.221. The zero-order chi connectivity index (χ0) is 13.0. The second-order valence-corrected chi connectivity index (χ2v) is 5.49. The van der Waals surface area contributed by atoms with Crippen LogP contribution in [-0.4, -0.2) is 43.5 Å². The Morgan fingerprint density at radius 2 is 1.78 bits per heavy atom. The third-order valence-electron chi connectivity index (χ3n) is 4.32. The first-order chi connectivity index (χ1) is 8.69. The molecule has 2 heteroatoms. The number of hydrogen-bond acceptors (Lipinski definition) is 2. The quantitative estimate of drug-likeness (QED) is 0.805. The van der Waals surface area contributed by atoms with E-state index in [9.17, 15) is 0 Å². The highest BCUT2D eigenvalue weighted by Gasteiger charge is 2.37. The number of likely N-dealkylation sites (tertiary alicyclic amines) is 1. The number of piperidine rings is 1. The molecule has 0 atom stereocenters. The van der Waals surface area contributed by atoms with Gasteiger partial charge in [-0.25, -0.2) is 0 Å². The largest absolute Gasteiger partial charge is 0.303 e. The van der Waals surface area contributed by atoms with Gasteiger partial charge < -0.3 is 4.90 Å². The Hall–Kier alpha value is -0.860. The second kappa shape index (κ2) is 5.85. The molecule has 2 rings (SSSR count). The lowest BCUT2D eigenvalue weighted by Crippen LogP contribution is -2.50. The Bertz CT molecular complexity index is 351. The first kappa shape index (κ1) is 13.6. The lowest BCUT2D eigenvalue weighted by atomic mass is 9.80. The van der Waals surface area contributed by atoms with Gasteiger partial charge in [-0.3, -0.25) is 4.90 Å². The van der Waals surface area contributed by atoms with Crippen LogP contribution < -0.4 is 0 Å². The van der Waals surface area contributed by atoms with Crippen molar-refractivity contribution in [2.75, 3.05) is 33.7 Å². The van der Waals surface area contributed by atoms with Gasteiger partial charge in [0.25, 0.3) is 0 Å². The maximum Gasteiger partial charge on any atom is 0.0479 e. The molecule has 1 saturated heterocycles. The number of hydrogen-bond donors (Lipinski definition) is 0. The van der Waals surface area contributed by atoms with E-state index in [1.807, 2.05) is 0 Å². The summed E-state index contributed by atoms with van der Waals surface area (Å²) < 4.78 is 0. The van der Waals surface area contributed by atoms with Crippen LogP contribution in [0.3, 0.4) is 0 Å². The zero-order valence-corrected chi connectivity index (χ0v) is 11.7. The topological polar surface area (TPSA) is 6.48 Å². The highest BCUT2D eigenvalue weighted by molar-refractivity contribution is 5.25. The van der Waals surface area contributed by atoms with Crippen molar-refractivity contribution < 1.29 is 0 Å². The average molecular weight is 245 g/mol. The number of nitrogens with zero attached hydrogens (tertiary/aromatic N) is 2. The van der Waals surface area contributed by atoms with Gasteiger partial charge in [-0.1, -0.05) is 37.3 Å². The fourth-order valence-corrected chi connectivity index (χ4v) is 3.11. The van der Waals surface area contributed by atoms with Gasteiger partial charge in [0, 0.05) is 18.6 Å². The average Bonchev–Trinajstić information content (AvgIpc) is 2.41. The van der Waals surface area contributed by atoms with Crippen LogP contribution in [0.25, 0.3) is 0 Å². The van der Waals surface area contributed by atoms with Gasteiger partial charge in [-0.15, -0.1) is 0 Å². The smallest absolute Gasteiger partial charge is 0.0479 e. The van der Waals surface area contributed by atoms with Gasteiger partial charge in [0.1, 0.15) is 0 Å². The highest BCUT2D eigenvalue weighted by atomic mass is 15.2. The molecule has 18 heavy (non-hydrogen) atoms. The summed E-state index contributed by atoms with van der Waals surface area (Å²) in [5, 5.41) is 0. The molecule has 0 amide bonds. The lowest BCUT2D eigenvalue weighted by molar-refractivity contribution is 0.0545. The molecule has 1 aromatic rings. The summed E-state index contributed by atoms with van der Waals surface area (Å²) in [6.45, 7) is 7.46. The Kier molecular flexibility index (Phi) is 4.41. The molecule has 1 fully saturated rings. The van der Waals surface area contributed by atoms with Crippen LogP contribution in [0.15, 0.2) is 30.3 Å². The Morgan fingerprint density at radius 1 is 1.17 bits per heavy atom. The second-order valence-electron chi connectivity index (χ2n) is 5.49. The van der Waals surface area contributed by atoms with E-state index in [0.29, 0.717) is 0 Å². The van der Waals surface area contributed by atoms with Crippen molar-refractivity contribution in [3.05, 3.63) is 42.8 Å². The van der Waals surface area contributed by atoms with Gasteiger partial charge in [-0.2, -0.15) is 0 Å². The molecule has 1 radical (unpaired) electrons. The molecule has 0 N–H and O–H groups in total. The van der Waals surface area contributed by atoms with E-state index in [1.54, 1.807) is 0 Å². The van der Waals surface area contributed by atoms with E-state index in [1.165, 1.54) is 31.5 Å². The van der Waals surface area contributed by atoms with E-state index in [2.05, 4.69) is 61.2 Å². The molecule has 0 bridgehead atoms. The van der Waals surface area contributed by atoms with Crippen LogP contribution in [0, 0.1) is 6.92 Å². The van der Waals surface area contributed by atoms with Crippen molar-refractivity contribution in [3.8, 4) is 0 Å². The van der Waals surface area contributed by atoms with E-state index in [-0.39, 0.29) is 5.54 Å². The van der Waals surface area contributed by atoms with Crippen LogP contribution >= 0.6 is 0 Å². The maximum absolute atomic E-state index is 3.96. The van der Waals surface area contributed by atoms with E-state index < -0.39 is 0 Å². The van der Waals surface area contributed by atoms with Crippen LogP contribution in [0.5, 0.6) is 0 Å². The monoisotopic (exact) mass is 245 g/mol. The summed E-state index contributed by atoms with van der Waals surface area (Å²) in [7, 11) is 4.42. The molecule has 99 valence electrons. The van der Waals surface area contributed by atoms with Gasteiger partial charge in [0.05, 0.1) is 0 Å². The van der Waals surface area contributed by atoms with Crippen LogP contribution in [0.2, 0.25) is 0 Å². The SMILES string of the molecule is [CH2]CCN1CCC(c2ccccc2)(N(C)C)CC1. The predicted molar refractivity (Wildman–Crippen MR) is 77.5 cm³/mol. The molecule has 0 unspecified atom stereocenters. The predicted octanol–water partition coefficient (Wildman–Crippen LogP) is 2.76. The minimum Gasteiger partial charge on any atom is -0.303 e. The van der Waals surface area contributed by atoms with Crippen molar-refractivity contribution in [2.45, 2.75) is 24.8 Å². The van der Waals surface area contributed by atoms with Crippen LogP contribution in [0.4, 0.5) is 0 Å². The summed E-state index contributed by atoms with van der Waals surface area (Å²) in [5.74, 6) is 0. The molecule has 1 aliphatic rings. The minimum absolute atomic E-state index is 0.221. The Morgan fingerprint density at radius 3 is 2.28 bits per heavy atom. The summed E-state index contributed by atoms with van der Waals surface area (Å²) in [6, 6.07) is 11.0. The first-order valence-corrected chi connectivity index (χ1v) is 6.93. The molecule has 1 heterocycles. The van der Waals surface area contributed by atoms with Crippen molar-refractivity contribution >= 4 is 0 Å². The normalized spacial score (nSPS) is 20.2. The number of benzene rings is 1. The molecule has 0 aliphatic carbocycles. The molecule has 1 aromatic carbocycles. The third kappa shape index (κ3) is 2.60. The lowest BCUT2D eigenvalue weighted by Gasteiger charge is -2.46. The van der Waals surface area contributed by atoms with Gasteiger partial charge in [0.2, 0.25) is 0 Å². The number of rotatable bonds is 4. The Labute approximate surface area is 112 Å². The fourth-order valence-electron chi connectivity index (χ4n) is 3.11. The fraction of sp³-hybridized carbons (Fsp3) is 0.562. The van der Waals surface area contributed by atoms with Crippen LogP contribution in [0.1, 0.15) is 24.8 Å². The third-order valence-corrected chi connectivity index (χ3v) is 4.32. The maximum atomic E-state index is 3.96. The molecule has 0 spiro atoms. The molecule has 0 saturated carbocycles. The molecule has 1 aliphatic heterocycles. The molecule has 0 aromatic heterocycles. The first-order valence-electron chi connectivity index (χ1n) is 6.93. The van der Waals surface area contributed by atoms with Crippen LogP contribution in [-0.2, 0) is 5.54 Å². The van der Waals surface area contributed by atoms with Crippen molar-refractivity contribution in [2.24, 2.45) is 0 Å². The van der Waals surface area contributed by atoms with Gasteiger partial charge >= 0.3 is 0 Å². The molecular weight excluding hydrogens is 220 g/mol. The van der Waals surface area contributed by atoms with Gasteiger partial charge in [-0.05, 0) is 45.5 Å². The van der Waals surface area contributed by atoms with Crippen molar-refractivity contribution in [1.29, 1.82) is 0 Å². The highest BCUT2D eigenvalue weighted by Crippen LogP contribution is 2.37. The Balaban J connectivity index is 2.16. The van der Waals surface area contributed by atoms with Gasteiger partial charge in [0.15, 0.2) is 0 Å². The standard InChI is InChI=1S/C16H25N2/c1-4-12-18-13-10-16(11-14-18,17(2)3)15-8-6-5-7-9-15/h5-9H,1,4,10-14H2,2-3H3. The molecular formula is C16H25N2. The van der Waals surface area contributed by atoms with Crippen molar-refractivity contribution in [1.82, 2.24) is 9.80 Å². The molecule has 2 nitrogen and oxygen atoms in total. The summed E-state index contributed by atoms with van der Waals surface area (Å²) in [4.78, 5) is 4.95. The summed E-state index contributed by atoms with van der Waals surface area (Å²) in [5.41, 5.74) is 1.68.